The van der Waals surface area contributed by atoms with Gasteiger partial charge in [0, 0.05) is 19.7 Å². The molecule has 0 aromatic rings. The van der Waals surface area contributed by atoms with Crippen molar-refractivity contribution in [2.24, 2.45) is 17.6 Å². The Hall–Kier alpha value is -0.210. The molecule has 3 fully saturated rings. The van der Waals surface area contributed by atoms with Gasteiger partial charge in [-0.15, -0.1) is 0 Å². The second kappa shape index (κ2) is 5.88. The lowest BCUT2D eigenvalue weighted by Crippen LogP contribution is -2.51. The first-order valence-corrected chi connectivity index (χ1v) is 9.13. The Morgan fingerprint density at radius 1 is 1.25 bits per heavy atom. The van der Waals surface area contributed by atoms with Crippen LogP contribution in [-0.2, 0) is 14.9 Å². The summed E-state index contributed by atoms with van der Waals surface area (Å²) in [6.07, 6.45) is 5.13. The highest BCUT2D eigenvalue weighted by Crippen LogP contribution is 2.39. The summed E-state index contributed by atoms with van der Waals surface area (Å²) in [6.45, 7) is 2.38. The van der Waals surface area contributed by atoms with Gasteiger partial charge in [0.05, 0.1) is 12.1 Å². The van der Waals surface area contributed by atoms with Gasteiger partial charge in [-0.1, -0.05) is 0 Å². The third-order valence-electron chi connectivity index (χ3n) is 4.68. The molecule has 1 aliphatic carbocycles. The molecule has 116 valence electrons. The van der Waals surface area contributed by atoms with Crippen LogP contribution in [0.15, 0.2) is 0 Å². The molecule has 0 spiro atoms. The summed E-state index contributed by atoms with van der Waals surface area (Å²) in [5, 5.41) is 0. The van der Waals surface area contributed by atoms with E-state index in [-0.39, 0.29) is 12.1 Å². The van der Waals surface area contributed by atoms with Crippen molar-refractivity contribution in [3.05, 3.63) is 0 Å². The predicted molar refractivity (Wildman–Crippen MR) is 76.3 cm³/mol. The molecule has 2 heterocycles. The maximum atomic E-state index is 12.5. The van der Waals surface area contributed by atoms with Crippen molar-refractivity contribution >= 4 is 10.2 Å². The van der Waals surface area contributed by atoms with E-state index in [0.29, 0.717) is 38.1 Å². The molecule has 1 saturated carbocycles. The molecule has 3 rings (SSSR count). The highest BCUT2D eigenvalue weighted by atomic mass is 32.2. The Bertz CT molecular complexity index is 438. The molecule has 2 aliphatic heterocycles. The van der Waals surface area contributed by atoms with Crippen LogP contribution in [-0.4, -0.2) is 51.1 Å². The zero-order valence-electron chi connectivity index (χ0n) is 11.8. The molecule has 0 amide bonds. The number of rotatable bonds is 5. The van der Waals surface area contributed by atoms with E-state index >= 15 is 0 Å². The highest BCUT2D eigenvalue weighted by Gasteiger charge is 2.43. The molecule has 0 aromatic carbocycles. The molecule has 3 unspecified atom stereocenters. The summed E-state index contributed by atoms with van der Waals surface area (Å²) in [6, 6.07) is -0.0502. The van der Waals surface area contributed by atoms with Gasteiger partial charge in [0.2, 0.25) is 0 Å². The molecular formula is C13H25N3O3S. The van der Waals surface area contributed by atoms with Crippen molar-refractivity contribution in [1.29, 1.82) is 0 Å². The lowest BCUT2D eigenvalue weighted by molar-refractivity contribution is 0.0843. The summed E-state index contributed by atoms with van der Waals surface area (Å²) in [5.41, 5.74) is 5.68. The topological polar surface area (TPSA) is 84.7 Å². The third-order valence-corrected chi connectivity index (χ3v) is 6.29. The molecule has 7 heteroatoms. The lowest BCUT2D eigenvalue weighted by atomic mass is 10.0. The van der Waals surface area contributed by atoms with Crippen LogP contribution < -0.4 is 10.5 Å². The van der Waals surface area contributed by atoms with Gasteiger partial charge in [-0.05, 0) is 50.5 Å². The maximum Gasteiger partial charge on any atom is 0.279 e. The van der Waals surface area contributed by atoms with Crippen molar-refractivity contribution in [2.75, 3.05) is 26.2 Å². The Morgan fingerprint density at radius 2 is 2.05 bits per heavy atom. The van der Waals surface area contributed by atoms with E-state index in [0.717, 1.165) is 19.3 Å². The minimum Gasteiger partial charge on any atom is -0.376 e. The van der Waals surface area contributed by atoms with Gasteiger partial charge in [0.1, 0.15) is 0 Å². The molecular weight excluding hydrogens is 278 g/mol. The summed E-state index contributed by atoms with van der Waals surface area (Å²) >= 11 is 0. The minimum atomic E-state index is -3.40. The van der Waals surface area contributed by atoms with Crippen molar-refractivity contribution in [3.8, 4) is 0 Å². The predicted octanol–water partition coefficient (Wildman–Crippen LogP) is 0.0590. The van der Waals surface area contributed by atoms with Crippen LogP contribution in [0.25, 0.3) is 0 Å². The van der Waals surface area contributed by atoms with Gasteiger partial charge in [-0.25, -0.2) is 0 Å². The fourth-order valence-electron chi connectivity index (χ4n) is 3.33. The van der Waals surface area contributed by atoms with Crippen LogP contribution in [0.1, 0.15) is 32.1 Å². The van der Waals surface area contributed by atoms with Crippen molar-refractivity contribution in [2.45, 2.75) is 44.2 Å². The summed E-state index contributed by atoms with van der Waals surface area (Å²) in [5.74, 6) is 0.850. The fourth-order valence-corrected chi connectivity index (χ4v) is 4.89. The van der Waals surface area contributed by atoms with Gasteiger partial charge in [0.25, 0.3) is 10.2 Å². The second-order valence-electron chi connectivity index (χ2n) is 6.29. The zero-order chi connectivity index (χ0) is 14.2. The molecule has 0 aromatic heterocycles. The number of hydrogen-bond acceptors (Lipinski definition) is 4. The highest BCUT2D eigenvalue weighted by molar-refractivity contribution is 7.87. The maximum absolute atomic E-state index is 12.5. The van der Waals surface area contributed by atoms with Crippen LogP contribution in [0.5, 0.6) is 0 Å². The van der Waals surface area contributed by atoms with E-state index in [1.807, 2.05) is 0 Å². The molecule has 3 atom stereocenters. The standard InChI is InChI=1S/C13H25N3O3S/c14-8-10-2-1-6-16(9-10)20(17,18)15-12-5-7-19-13(12)11-3-4-11/h10-13,15H,1-9,14H2. The van der Waals surface area contributed by atoms with E-state index in [4.69, 9.17) is 10.5 Å². The largest absolute Gasteiger partial charge is 0.376 e. The number of nitrogens with zero attached hydrogens (tertiary/aromatic N) is 1. The molecule has 0 bridgehead atoms. The van der Waals surface area contributed by atoms with Gasteiger partial charge in [0.15, 0.2) is 0 Å². The Balaban J connectivity index is 1.62. The van der Waals surface area contributed by atoms with E-state index in [1.54, 1.807) is 4.31 Å². The normalized spacial score (nSPS) is 36.4. The van der Waals surface area contributed by atoms with Gasteiger partial charge in [-0.3, -0.25) is 0 Å². The number of nitrogens with two attached hydrogens (primary N) is 1. The van der Waals surface area contributed by atoms with Gasteiger partial charge < -0.3 is 10.5 Å². The van der Waals surface area contributed by atoms with Gasteiger partial charge >= 0.3 is 0 Å². The monoisotopic (exact) mass is 303 g/mol. The quantitative estimate of drug-likeness (QED) is 0.752. The molecule has 2 saturated heterocycles. The first kappa shape index (κ1) is 14.7. The van der Waals surface area contributed by atoms with Crippen LogP contribution in [0.3, 0.4) is 0 Å². The molecule has 20 heavy (non-hydrogen) atoms. The first-order chi connectivity index (χ1) is 9.60. The number of hydrogen-bond donors (Lipinski definition) is 2. The van der Waals surface area contributed by atoms with E-state index in [2.05, 4.69) is 4.72 Å². The van der Waals surface area contributed by atoms with Crippen molar-refractivity contribution in [3.63, 3.8) is 0 Å². The summed E-state index contributed by atoms with van der Waals surface area (Å²) in [4.78, 5) is 0. The Morgan fingerprint density at radius 3 is 2.75 bits per heavy atom. The molecule has 3 aliphatic rings. The smallest absolute Gasteiger partial charge is 0.279 e. The summed E-state index contributed by atoms with van der Waals surface area (Å²) in [7, 11) is -3.40. The summed E-state index contributed by atoms with van der Waals surface area (Å²) < 4.78 is 35.2. The SMILES string of the molecule is NCC1CCCN(S(=O)(=O)NC2CCOC2C2CC2)C1. The van der Waals surface area contributed by atoms with E-state index in [1.165, 1.54) is 12.8 Å². The van der Waals surface area contributed by atoms with Crippen molar-refractivity contribution < 1.29 is 13.2 Å². The van der Waals surface area contributed by atoms with Crippen LogP contribution >= 0.6 is 0 Å². The van der Waals surface area contributed by atoms with Crippen LogP contribution in [0.2, 0.25) is 0 Å². The Kier molecular flexibility index (Phi) is 4.33. The molecule has 0 radical (unpaired) electrons. The molecule has 6 nitrogen and oxygen atoms in total. The average molecular weight is 303 g/mol. The number of ether oxygens (including phenoxy) is 1. The van der Waals surface area contributed by atoms with Crippen molar-refractivity contribution in [1.82, 2.24) is 9.03 Å². The number of nitrogens with one attached hydrogen (secondary N) is 1. The number of piperidine rings is 1. The first-order valence-electron chi connectivity index (χ1n) is 7.69. The molecule has 3 N–H and O–H groups in total. The Labute approximate surface area is 121 Å². The third kappa shape index (κ3) is 3.17. The van der Waals surface area contributed by atoms with Crippen LogP contribution in [0, 0.1) is 11.8 Å². The minimum absolute atomic E-state index is 0.0502. The van der Waals surface area contributed by atoms with Gasteiger partial charge in [-0.2, -0.15) is 17.4 Å². The van der Waals surface area contributed by atoms with E-state index in [9.17, 15) is 8.42 Å². The zero-order valence-corrected chi connectivity index (χ0v) is 12.6. The lowest BCUT2D eigenvalue weighted by Gasteiger charge is -2.32. The van der Waals surface area contributed by atoms with E-state index < -0.39 is 10.2 Å². The fraction of sp³-hybridized carbons (Fsp3) is 1.00. The average Bonchev–Trinajstić information content (AvgIpc) is 3.19. The van der Waals surface area contributed by atoms with Crippen LogP contribution in [0.4, 0.5) is 0 Å². The second-order valence-corrected chi connectivity index (χ2v) is 8.00.